The van der Waals surface area contributed by atoms with Crippen LogP contribution in [0.3, 0.4) is 0 Å². The van der Waals surface area contributed by atoms with Crippen LogP contribution in [0.25, 0.3) is 0 Å². The monoisotopic (exact) mass is 474 g/mol. The first-order chi connectivity index (χ1) is 16.7. The molecule has 1 aliphatic carbocycles. The molecule has 2 aliphatic heterocycles. The van der Waals surface area contributed by atoms with Gasteiger partial charge in [-0.05, 0) is 59.8 Å². The number of likely N-dealkylation sites (N-methyl/N-ethyl adjacent to an activating group) is 1. The second-order valence-electron chi connectivity index (χ2n) is 10.9. The van der Waals surface area contributed by atoms with Gasteiger partial charge in [0.2, 0.25) is 5.91 Å². The lowest BCUT2D eigenvalue weighted by molar-refractivity contribution is -0.143. The molecule has 2 aromatic rings. The van der Waals surface area contributed by atoms with Gasteiger partial charge in [-0.3, -0.25) is 9.69 Å². The Kier molecular flexibility index (Phi) is 5.67. The normalized spacial score (nSPS) is 21.2. The molecule has 3 aliphatic rings. The Hall–Kier alpha value is -3.25. The Morgan fingerprint density at radius 2 is 1.94 bits per heavy atom. The topological polar surface area (TPSA) is 92.5 Å². The van der Waals surface area contributed by atoms with Crippen molar-refractivity contribution in [2.75, 3.05) is 50.1 Å². The van der Waals surface area contributed by atoms with Crippen molar-refractivity contribution in [3.05, 3.63) is 35.8 Å². The van der Waals surface area contributed by atoms with Crippen molar-refractivity contribution in [3.63, 3.8) is 0 Å². The molecule has 5 rings (SSSR count). The molecule has 1 spiro atoms. The van der Waals surface area contributed by atoms with Crippen LogP contribution in [-0.2, 0) is 10.2 Å². The fourth-order valence-electron chi connectivity index (χ4n) is 5.57. The Bertz CT molecular complexity index is 1180. The smallest absolute Gasteiger partial charge is 0.242 e. The number of amides is 1. The van der Waals surface area contributed by atoms with Crippen molar-refractivity contribution in [2.24, 2.45) is 0 Å². The van der Waals surface area contributed by atoms with Crippen molar-refractivity contribution in [3.8, 4) is 6.07 Å². The van der Waals surface area contributed by atoms with Crippen LogP contribution < -0.4 is 9.80 Å². The van der Waals surface area contributed by atoms with Gasteiger partial charge in [-0.25, -0.2) is 15.0 Å². The number of piperazine rings is 1. The summed E-state index contributed by atoms with van der Waals surface area (Å²) in [5.74, 6) is 2.80. The number of fused-ring (bicyclic) bond motifs is 2. The molecule has 1 saturated carbocycles. The van der Waals surface area contributed by atoms with Gasteiger partial charge in [0.05, 0.1) is 17.2 Å². The van der Waals surface area contributed by atoms with Crippen LogP contribution >= 0.6 is 0 Å². The number of nitriles is 1. The van der Waals surface area contributed by atoms with Gasteiger partial charge in [0.1, 0.15) is 23.8 Å². The maximum absolute atomic E-state index is 13.3. The van der Waals surface area contributed by atoms with Crippen molar-refractivity contribution in [2.45, 2.75) is 57.0 Å². The summed E-state index contributed by atoms with van der Waals surface area (Å²) in [6, 6.07) is 5.86. The van der Waals surface area contributed by atoms with E-state index in [4.69, 9.17) is 9.97 Å². The number of hydrogen-bond donors (Lipinski definition) is 0. The van der Waals surface area contributed by atoms with Gasteiger partial charge in [-0.2, -0.15) is 5.26 Å². The Labute approximate surface area is 207 Å². The average molecular weight is 475 g/mol. The minimum absolute atomic E-state index is 0.0133. The Morgan fingerprint density at radius 3 is 2.57 bits per heavy atom. The molecule has 0 N–H and O–H groups in total. The SMILES string of the molecule is C[C@@H]1CN(c2ncnc3c2C2(CCC2)CN3c2cc(C#N)ccn2)CCN1C(=O)C(C)(C)N(C)C. The lowest BCUT2D eigenvalue weighted by Gasteiger charge is -2.46. The first-order valence-electron chi connectivity index (χ1n) is 12.4. The Morgan fingerprint density at radius 1 is 1.20 bits per heavy atom. The van der Waals surface area contributed by atoms with Gasteiger partial charge in [0.15, 0.2) is 0 Å². The van der Waals surface area contributed by atoms with E-state index < -0.39 is 5.54 Å². The van der Waals surface area contributed by atoms with Gasteiger partial charge < -0.3 is 14.7 Å². The number of carbonyl (C=O) groups excluding carboxylic acids is 1. The van der Waals surface area contributed by atoms with E-state index in [-0.39, 0.29) is 17.4 Å². The minimum atomic E-state index is -0.548. The summed E-state index contributed by atoms with van der Waals surface area (Å²) >= 11 is 0. The summed E-state index contributed by atoms with van der Waals surface area (Å²) in [5.41, 5.74) is 1.26. The van der Waals surface area contributed by atoms with Gasteiger partial charge in [-0.15, -0.1) is 0 Å². The van der Waals surface area contributed by atoms with E-state index in [1.165, 1.54) is 12.0 Å². The molecule has 0 aromatic carbocycles. The van der Waals surface area contributed by atoms with Gasteiger partial charge in [-0.1, -0.05) is 6.42 Å². The number of carbonyl (C=O) groups is 1. The number of rotatable bonds is 4. The maximum Gasteiger partial charge on any atom is 0.242 e. The highest BCUT2D eigenvalue weighted by atomic mass is 16.2. The third-order valence-electron chi connectivity index (χ3n) is 8.35. The zero-order valence-electron chi connectivity index (χ0n) is 21.3. The molecule has 2 fully saturated rings. The highest BCUT2D eigenvalue weighted by Gasteiger charge is 2.51. The zero-order valence-corrected chi connectivity index (χ0v) is 21.3. The highest BCUT2D eigenvalue weighted by Crippen LogP contribution is 2.56. The van der Waals surface area contributed by atoms with E-state index in [9.17, 15) is 10.1 Å². The van der Waals surface area contributed by atoms with Gasteiger partial charge in [0, 0.05) is 49.4 Å². The molecule has 2 aromatic heterocycles. The van der Waals surface area contributed by atoms with Crippen LogP contribution in [0.4, 0.5) is 17.5 Å². The highest BCUT2D eigenvalue weighted by molar-refractivity contribution is 5.86. The minimum Gasteiger partial charge on any atom is -0.352 e. The molecule has 35 heavy (non-hydrogen) atoms. The molecule has 0 bridgehead atoms. The lowest BCUT2D eigenvalue weighted by atomic mass is 9.66. The van der Waals surface area contributed by atoms with E-state index in [2.05, 4.69) is 27.8 Å². The van der Waals surface area contributed by atoms with E-state index in [1.54, 1.807) is 18.6 Å². The lowest BCUT2D eigenvalue weighted by Crippen LogP contribution is -2.61. The molecule has 1 atom stereocenters. The molecule has 184 valence electrons. The van der Waals surface area contributed by atoms with Gasteiger partial charge in [0.25, 0.3) is 0 Å². The van der Waals surface area contributed by atoms with E-state index >= 15 is 0 Å². The summed E-state index contributed by atoms with van der Waals surface area (Å²) < 4.78 is 0. The first-order valence-corrected chi connectivity index (χ1v) is 12.4. The second kappa shape index (κ2) is 8.45. The number of nitrogens with zero attached hydrogens (tertiary/aromatic N) is 8. The molecule has 9 nitrogen and oxygen atoms in total. The van der Waals surface area contributed by atoms with E-state index in [0.717, 1.165) is 49.9 Å². The van der Waals surface area contributed by atoms with Crippen LogP contribution in [0.5, 0.6) is 0 Å². The molecule has 0 unspecified atom stereocenters. The van der Waals surface area contributed by atoms with E-state index in [1.807, 2.05) is 43.8 Å². The number of aromatic nitrogens is 3. The standard InChI is InChI=1S/C26H34N8O/c1-18-15-32(11-12-33(18)24(35)25(2,3)31(4)5)22-21-23(30-17-29-22)34(16-26(21)8-6-9-26)20-13-19(14-27)7-10-28-20/h7,10,13,17-18H,6,8-9,11-12,15-16H2,1-5H3/t18-/m1/s1. The number of anilines is 3. The largest absolute Gasteiger partial charge is 0.352 e. The third kappa shape index (κ3) is 3.71. The Balaban J connectivity index is 1.46. The molecule has 1 saturated heterocycles. The molecular formula is C26H34N8O. The number of pyridine rings is 1. The van der Waals surface area contributed by atoms with Crippen molar-refractivity contribution in [1.82, 2.24) is 24.8 Å². The molecule has 1 amide bonds. The summed E-state index contributed by atoms with van der Waals surface area (Å²) in [6.07, 6.45) is 6.71. The second-order valence-corrected chi connectivity index (χ2v) is 10.9. The fraction of sp³-hybridized carbons (Fsp3) is 0.577. The quantitative estimate of drug-likeness (QED) is 0.668. The fourth-order valence-corrected chi connectivity index (χ4v) is 5.57. The summed E-state index contributed by atoms with van der Waals surface area (Å²) in [7, 11) is 3.90. The summed E-state index contributed by atoms with van der Waals surface area (Å²) in [4.78, 5) is 35.9. The van der Waals surface area contributed by atoms with Crippen LogP contribution in [-0.4, -0.2) is 82.5 Å². The van der Waals surface area contributed by atoms with Crippen LogP contribution in [0, 0.1) is 11.3 Å². The van der Waals surface area contributed by atoms with Crippen LogP contribution in [0.15, 0.2) is 24.7 Å². The van der Waals surface area contributed by atoms with Gasteiger partial charge >= 0.3 is 0 Å². The molecular weight excluding hydrogens is 440 g/mol. The summed E-state index contributed by atoms with van der Waals surface area (Å²) in [6.45, 7) is 9.03. The average Bonchev–Trinajstić information content (AvgIpc) is 3.20. The molecule has 4 heterocycles. The van der Waals surface area contributed by atoms with Crippen LogP contribution in [0.2, 0.25) is 0 Å². The van der Waals surface area contributed by atoms with Crippen molar-refractivity contribution in [1.29, 1.82) is 5.26 Å². The predicted octanol–water partition coefficient (Wildman–Crippen LogP) is 2.69. The van der Waals surface area contributed by atoms with Crippen molar-refractivity contribution < 1.29 is 4.79 Å². The van der Waals surface area contributed by atoms with Crippen LogP contribution in [0.1, 0.15) is 51.2 Å². The first kappa shape index (κ1) is 23.5. The maximum atomic E-state index is 13.3. The predicted molar refractivity (Wildman–Crippen MR) is 135 cm³/mol. The third-order valence-corrected chi connectivity index (χ3v) is 8.35. The number of hydrogen-bond acceptors (Lipinski definition) is 8. The molecule has 0 radical (unpaired) electrons. The summed E-state index contributed by atoms with van der Waals surface area (Å²) in [5, 5.41) is 9.38. The van der Waals surface area contributed by atoms with Crippen molar-refractivity contribution >= 4 is 23.4 Å². The molecule has 9 heteroatoms. The van der Waals surface area contributed by atoms with E-state index in [0.29, 0.717) is 12.1 Å². The zero-order chi connectivity index (χ0) is 25.0.